The highest BCUT2D eigenvalue weighted by Gasteiger charge is 2.33. The summed E-state index contributed by atoms with van der Waals surface area (Å²) in [5.41, 5.74) is 2.43. The van der Waals surface area contributed by atoms with Crippen molar-refractivity contribution in [3.05, 3.63) is 100 Å². The van der Waals surface area contributed by atoms with E-state index in [-0.39, 0.29) is 15.9 Å². The van der Waals surface area contributed by atoms with Crippen molar-refractivity contribution in [3.8, 4) is 11.1 Å². The minimum Gasteiger partial charge on any atom is -0.255 e. The molecule has 4 nitrogen and oxygen atoms in total. The Morgan fingerprint density at radius 2 is 1.71 bits per heavy atom. The lowest BCUT2D eigenvalue weighted by molar-refractivity contribution is -0.137. The summed E-state index contributed by atoms with van der Waals surface area (Å²) in [7, 11) is -3.83. The predicted molar refractivity (Wildman–Crippen MR) is 126 cm³/mol. The number of thiazole rings is 1. The molecule has 1 aliphatic rings. The van der Waals surface area contributed by atoms with Gasteiger partial charge in [0.2, 0.25) is 0 Å². The van der Waals surface area contributed by atoms with Crippen molar-refractivity contribution in [1.29, 1.82) is 0 Å². The van der Waals surface area contributed by atoms with Gasteiger partial charge in [-0.1, -0.05) is 24.3 Å². The third-order valence-corrected chi connectivity index (χ3v) is 8.22. The molecule has 0 bridgehead atoms. The highest BCUT2D eigenvalue weighted by molar-refractivity contribution is 7.93. The zero-order valence-electron chi connectivity index (χ0n) is 18.0. The number of aryl methyl sites for hydroxylation is 1. The molecule has 0 saturated carbocycles. The number of sulfonamides is 1. The number of hydrogen-bond donors (Lipinski definition) is 1. The highest BCUT2D eigenvalue weighted by atomic mass is 32.2. The van der Waals surface area contributed by atoms with Crippen LogP contribution in [0.25, 0.3) is 11.1 Å². The van der Waals surface area contributed by atoms with Crippen molar-refractivity contribution in [1.82, 2.24) is 4.98 Å². The second-order valence-corrected chi connectivity index (χ2v) is 10.8. The molecule has 4 aromatic rings. The maximum atomic E-state index is 13.5. The van der Waals surface area contributed by atoms with Crippen LogP contribution < -0.4 is 4.72 Å². The maximum Gasteiger partial charge on any atom is 0.416 e. The molecule has 1 atom stereocenters. The molecule has 1 aliphatic carbocycles. The fourth-order valence-electron chi connectivity index (χ4n) is 4.45. The van der Waals surface area contributed by atoms with Crippen LogP contribution in [0.2, 0.25) is 0 Å². The first-order chi connectivity index (χ1) is 16.6. The first-order valence-electron chi connectivity index (χ1n) is 10.6. The molecule has 0 radical (unpaired) electrons. The minimum absolute atomic E-state index is 0.0956. The molecule has 35 heavy (non-hydrogen) atoms. The zero-order valence-corrected chi connectivity index (χ0v) is 19.6. The van der Waals surface area contributed by atoms with Gasteiger partial charge < -0.3 is 0 Å². The van der Waals surface area contributed by atoms with Crippen LogP contribution in [-0.2, 0) is 22.6 Å². The fourth-order valence-corrected chi connectivity index (χ4v) is 6.29. The molecule has 0 saturated heterocycles. The van der Waals surface area contributed by atoms with Crippen LogP contribution in [0.5, 0.6) is 0 Å². The Hall–Kier alpha value is -3.24. The first-order valence-corrected chi connectivity index (χ1v) is 13.0. The largest absolute Gasteiger partial charge is 0.416 e. The summed E-state index contributed by atoms with van der Waals surface area (Å²) in [4.78, 5) is 4.04. The Kier molecular flexibility index (Phi) is 5.88. The number of nitrogens with zero attached hydrogens (tertiary/aromatic N) is 1. The van der Waals surface area contributed by atoms with Crippen LogP contribution in [0.3, 0.4) is 0 Å². The van der Waals surface area contributed by atoms with E-state index in [2.05, 4.69) is 9.71 Å². The van der Waals surface area contributed by atoms with Crippen LogP contribution in [0.4, 0.5) is 22.7 Å². The van der Waals surface area contributed by atoms with Gasteiger partial charge in [0.05, 0.1) is 10.5 Å². The summed E-state index contributed by atoms with van der Waals surface area (Å²) in [5.74, 6) is -0.704. The van der Waals surface area contributed by atoms with Gasteiger partial charge >= 0.3 is 6.18 Å². The van der Waals surface area contributed by atoms with Gasteiger partial charge in [-0.3, -0.25) is 4.72 Å². The average molecular weight is 519 g/mol. The molecule has 0 amide bonds. The number of nitrogens with one attached hydrogen (secondary N) is 1. The molecule has 1 unspecified atom stereocenters. The molecular formula is C25H18F4N2O2S2. The van der Waals surface area contributed by atoms with E-state index in [1.807, 2.05) is 0 Å². The number of fused-ring (bicyclic) bond motifs is 1. The lowest BCUT2D eigenvalue weighted by Crippen LogP contribution is -2.13. The molecule has 5 rings (SSSR count). The van der Waals surface area contributed by atoms with Crippen LogP contribution in [0.15, 0.2) is 77.1 Å². The second-order valence-electron chi connectivity index (χ2n) is 8.20. The zero-order chi connectivity index (χ0) is 24.8. The van der Waals surface area contributed by atoms with E-state index < -0.39 is 27.6 Å². The van der Waals surface area contributed by atoms with Crippen molar-refractivity contribution in [2.75, 3.05) is 4.72 Å². The number of alkyl halides is 3. The number of rotatable bonds is 5. The van der Waals surface area contributed by atoms with Gasteiger partial charge in [0.15, 0.2) is 5.13 Å². The van der Waals surface area contributed by atoms with E-state index in [4.69, 9.17) is 0 Å². The van der Waals surface area contributed by atoms with Gasteiger partial charge in [-0.05, 0) is 77.1 Å². The standard InChI is InChI=1S/C25H18F4N2O2S2/c26-18-5-1-15(2-6-18)23-14-17(25(27,28)29)4-9-22(23)21-8-3-16-13-19(7-10-20(16)21)35(32,33)31-24-30-11-12-34-24/h1-2,4-7,9-14,21H,3,8H2,(H,30,31). The summed E-state index contributed by atoms with van der Waals surface area (Å²) in [5, 5.41) is 1.92. The molecule has 0 fully saturated rings. The van der Waals surface area contributed by atoms with Crippen molar-refractivity contribution < 1.29 is 26.0 Å². The molecule has 3 aromatic carbocycles. The lowest BCUT2D eigenvalue weighted by Gasteiger charge is -2.20. The third kappa shape index (κ3) is 4.68. The van der Waals surface area contributed by atoms with Crippen LogP contribution in [-0.4, -0.2) is 13.4 Å². The second kappa shape index (κ2) is 8.76. The summed E-state index contributed by atoms with van der Waals surface area (Å²) in [6, 6.07) is 13.8. The van der Waals surface area contributed by atoms with Gasteiger partial charge in [-0.25, -0.2) is 17.8 Å². The van der Waals surface area contributed by atoms with Crippen LogP contribution >= 0.6 is 11.3 Å². The van der Waals surface area contributed by atoms with Crippen molar-refractivity contribution >= 4 is 26.5 Å². The molecule has 180 valence electrons. The summed E-state index contributed by atoms with van der Waals surface area (Å²) in [6.45, 7) is 0. The molecule has 1 N–H and O–H groups in total. The monoisotopic (exact) mass is 518 g/mol. The number of hydrogen-bond acceptors (Lipinski definition) is 4. The number of aromatic nitrogens is 1. The highest BCUT2D eigenvalue weighted by Crippen LogP contribution is 2.44. The Bertz CT molecular complexity index is 1480. The number of halogens is 4. The molecule has 10 heteroatoms. The summed E-state index contributed by atoms with van der Waals surface area (Å²) in [6.07, 6.45) is -1.84. The van der Waals surface area contributed by atoms with Gasteiger partial charge in [-0.2, -0.15) is 13.2 Å². The van der Waals surface area contributed by atoms with Crippen LogP contribution in [0.1, 0.15) is 34.6 Å². The lowest BCUT2D eigenvalue weighted by atomic mass is 9.86. The topological polar surface area (TPSA) is 59.1 Å². The Morgan fingerprint density at radius 1 is 0.971 bits per heavy atom. The first kappa shape index (κ1) is 23.5. The van der Waals surface area contributed by atoms with E-state index in [1.54, 1.807) is 17.5 Å². The van der Waals surface area contributed by atoms with E-state index in [0.717, 1.165) is 23.3 Å². The Labute approximate surface area is 203 Å². The normalized spacial score (nSPS) is 15.7. The van der Waals surface area contributed by atoms with Crippen molar-refractivity contribution in [2.24, 2.45) is 0 Å². The Morgan fingerprint density at radius 3 is 2.40 bits per heavy atom. The average Bonchev–Trinajstić information content (AvgIpc) is 3.47. The molecular weight excluding hydrogens is 500 g/mol. The van der Waals surface area contributed by atoms with Gasteiger partial charge in [0, 0.05) is 17.5 Å². The van der Waals surface area contributed by atoms with Gasteiger partial charge in [0.1, 0.15) is 5.82 Å². The van der Waals surface area contributed by atoms with E-state index >= 15 is 0 Å². The number of anilines is 1. The Balaban J connectivity index is 1.54. The quantitative estimate of drug-likeness (QED) is 0.294. The minimum atomic E-state index is -4.52. The molecule has 0 aliphatic heterocycles. The SMILES string of the molecule is O=S(=O)(Nc1nccs1)c1ccc2c(c1)CCC2c1ccc(C(F)(F)F)cc1-c1ccc(F)cc1. The van der Waals surface area contributed by atoms with Crippen LogP contribution in [0, 0.1) is 5.82 Å². The summed E-state index contributed by atoms with van der Waals surface area (Å²) >= 11 is 1.17. The smallest absolute Gasteiger partial charge is 0.255 e. The molecule has 1 aromatic heterocycles. The van der Waals surface area contributed by atoms with E-state index in [9.17, 15) is 26.0 Å². The molecule has 1 heterocycles. The van der Waals surface area contributed by atoms with E-state index in [1.165, 1.54) is 53.9 Å². The van der Waals surface area contributed by atoms with Gasteiger partial charge in [0.25, 0.3) is 10.0 Å². The van der Waals surface area contributed by atoms with Crippen molar-refractivity contribution in [2.45, 2.75) is 29.8 Å². The van der Waals surface area contributed by atoms with E-state index in [0.29, 0.717) is 29.5 Å². The summed E-state index contributed by atoms with van der Waals surface area (Å²) < 4.78 is 81.8. The molecule has 0 spiro atoms. The number of benzene rings is 3. The van der Waals surface area contributed by atoms with Gasteiger partial charge in [-0.15, -0.1) is 11.3 Å². The maximum absolute atomic E-state index is 13.5. The third-order valence-electron chi connectivity index (χ3n) is 6.07. The fraction of sp³-hybridized carbons (Fsp3) is 0.160. The van der Waals surface area contributed by atoms with Crippen molar-refractivity contribution in [3.63, 3.8) is 0 Å². The predicted octanol–water partition coefficient (Wildman–Crippen LogP) is 6.85.